The number of ether oxygens (including phenoxy) is 1. The van der Waals surface area contributed by atoms with Crippen LogP contribution in [0.3, 0.4) is 0 Å². The molecule has 6 heteroatoms. The Balaban J connectivity index is 1.62. The number of nitrogens with zero attached hydrogens (tertiary/aromatic N) is 2. The summed E-state index contributed by atoms with van der Waals surface area (Å²) in [6.45, 7) is 4.64. The summed E-state index contributed by atoms with van der Waals surface area (Å²) >= 11 is 0. The maximum Gasteiger partial charge on any atom is 0.234 e. The third-order valence-corrected chi connectivity index (χ3v) is 3.22. The summed E-state index contributed by atoms with van der Waals surface area (Å²) in [4.78, 5) is 11.8. The molecular formula is C13H22N4O2. The first-order valence-electron chi connectivity index (χ1n) is 6.82. The topological polar surface area (TPSA) is 68.2 Å². The van der Waals surface area contributed by atoms with Crippen molar-refractivity contribution in [3.63, 3.8) is 0 Å². The minimum absolute atomic E-state index is 0.0548. The molecule has 2 heterocycles. The van der Waals surface area contributed by atoms with Crippen molar-refractivity contribution in [3.05, 3.63) is 18.5 Å². The van der Waals surface area contributed by atoms with E-state index in [-0.39, 0.29) is 18.0 Å². The molecule has 1 aromatic heterocycles. The van der Waals surface area contributed by atoms with Gasteiger partial charge in [-0.15, -0.1) is 0 Å². The molecule has 0 aromatic carbocycles. The predicted molar refractivity (Wildman–Crippen MR) is 71.7 cm³/mol. The van der Waals surface area contributed by atoms with Crippen LogP contribution in [0.4, 0.5) is 0 Å². The Hall–Kier alpha value is -1.40. The molecule has 1 amide bonds. The van der Waals surface area contributed by atoms with Gasteiger partial charge in [0.2, 0.25) is 5.91 Å². The van der Waals surface area contributed by atoms with Crippen LogP contribution in [0.15, 0.2) is 18.5 Å². The first kappa shape index (κ1) is 14.0. The van der Waals surface area contributed by atoms with Crippen LogP contribution in [-0.4, -0.2) is 47.5 Å². The summed E-state index contributed by atoms with van der Waals surface area (Å²) in [5, 5.41) is 10.4. The number of carbonyl (C=O) groups is 1. The van der Waals surface area contributed by atoms with Crippen LogP contribution in [0.2, 0.25) is 0 Å². The van der Waals surface area contributed by atoms with Crippen molar-refractivity contribution in [3.8, 4) is 0 Å². The number of rotatable bonds is 6. The monoisotopic (exact) mass is 266 g/mol. The van der Waals surface area contributed by atoms with E-state index in [4.69, 9.17) is 4.74 Å². The number of amides is 1. The lowest BCUT2D eigenvalue weighted by atomic mass is 10.1. The van der Waals surface area contributed by atoms with E-state index in [9.17, 15) is 4.79 Å². The van der Waals surface area contributed by atoms with E-state index in [1.54, 1.807) is 6.20 Å². The summed E-state index contributed by atoms with van der Waals surface area (Å²) in [5.41, 5.74) is 0. The molecule has 106 valence electrons. The fraction of sp³-hybridized carbons (Fsp3) is 0.692. The molecule has 2 N–H and O–H groups in total. The lowest BCUT2D eigenvalue weighted by molar-refractivity contribution is -0.121. The Morgan fingerprint density at radius 1 is 1.53 bits per heavy atom. The lowest BCUT2D eigenvalue weighted by Gasteiger charge is -2.23. The predicted octanol–water partition coefficient (Wildman–Crippen LogP) is 0.156. The minimum Gasteiger partial charge on any atom is -0.381 e. The van der Waals surface area contributed by atoms with Crippen molar-refractivity contribution in [1.29, 1.82) is 0 Å². The SMILES string of the molecule is CC(Cn1cccn1)NCC(=O)NC1CCOCC1. The second-order valence-corrected chi connectivity index (χ2v) is 4.96. The van der Waals surface area contributed by atoms with Crippen molar-refractivity contribution >= 4 is 5.91 Å². The van der Waals surface area contributed by atoms with Gasteiger partial charge in [0.15, 0.2) is 0 Å². The van der Waals surface area contributed by atoms with Crippen molar-refractivity contribution in [2.45, 2.75) is 38.4 Å². The van der Waals surface area contributed by atoms with E-state index in [2.05, 4.69) is 15.7 Å². The molecule has 1 atom stereocenters. The third kappa shape index (κ3) is 5.00. The zero-order valence-electron chi connectivity index (χ0n) is 11.3. The van der Waals surface area contributed by atoms with Crippen molar-refractivity contribution in [2.24, 2.45) is 0 Å². The summed E-state index contributed by atoms with van der Waals surface area (Å²) in [7, 11) is 0. The van der Waals surface area contributed by atoms with Crippen LogP contribution in [-0.2, 0) is 16.1 Å². The van der Waals surface area contributed by atoms with Gasteiger partial charge in [-0.3, -0.25) is 9.48 Å². The molecule has 19 heavy (non-hydrogen) atoms. The highest BCUT2D eigenvalue weighted by Gasteiger charge is 2.16. The Labute approximate surface area is 113 Å². The van der Waals surface area contributed by atoms with E-state index in [1.807, 2.05) is 23.9 Å². The maximum atomic E-state index is 11.8. The van der Waals surface area contributed by atoms with Crippen LogP contribution in [0, 0.1) is 0 Å². The lowest BCUT2D eigenvalue weighted by Crippen LogP contribution is -2.45. The number of carbonyl (C=O) groups excluding carboxylic acids is 1. The van der Waals surface area contributed by atoms with E-state index >= 15 is 0 Å². The summed E-state index contributed by atoms with van der Waals surface area (Å²) in [6, 6.07) is 2.37. The second-order valence-electron chi connectivity index (χ2n) is 4.96. The molecule has 1 unspecified atom stereocenters. The zero-order chi connectivity index (χ0) is 13.5. The molecule has 6 nitrogen and oxygen atoms in total. The van der Waals surface area contributed by atoms with Crippen LogP contribution in [0.25, 0.3) is 0 Å². The van der Waals surface area contributed by atoms with Crippen LogP contribution >= 0.6 is 0 Å². The van der Waals surface area contributed by atoms with Crippen molar-refractivity contribution in [1.82, 2.24) is 20.4 Å². The number of hydrogen-bond donors (Lipinski definition) is 2. The van der Waals surface area contributed by atoms with Crippen molar-refractivity contribution < 1.29 is 9.53 Å². The van der Waals surface area contributed by atoms with Gasteiger partial charge in [0.1, 0.15) is 0 Å². The van der Waals surface area contributed by atoms with E-state index < -0.39 is 0 Å². The average molecular weight is 266 g/mol. The molecule has 0 aliphatic carbocycles. The Bertz CT molecular complexity index is 374. The van der Waals surface area contributed by atoms with Crippen LogP contribution in [0.5, 0.6) is 0 Å². The Morgan fingerprint density at radius 2 is 2.32 bits per heavy atom. The summed E-state index contributed by atoms with van der Waals surface area (Å²) < 4.78 is 7.12. The van der Waals surface area contributed by atoms with Gasteiger partial charge in [-0.25, -0.2) is 0 Å². The normalized spacial score (nSPS) is 18.2. The number of hydrogen-bond acceptors (Lipinski definition) is 4. The standard InChI is InChI=1S/C13H22N4O2/c1-11(10-17-6-2-5-15-17)14-9-13(18)16-12-3-7-19-8-4-12/h2,5-6,11-12,14H,3-4,7-10H2,1H3,(H,16,18). The first-order chi connectivity index (χ1) is 9.24. The van der Waals surface area contributed by atoms with Gasteiger partial charge in [0, 0.05) is 37.7 Å². The maximum absolute atomic E-state index is 11.8. The molecule has 1 aliphatic rings. The van der Waals surface area contributed by atoms with Gasteiger partial charge >= 0.3 is 0 Å². The molecule has 1 aliphatic heterocycles. The summed E-state index contributed by atoms with van der Waals surface area (Å²) in [6.07, 6.45) is 5.49. The van der Waals surface area contributed by atoms with Gasteiger partial charge in [-0.2, -0.15) is 5.10 Å². The highest BCUT2D eigenvalue weighted by molar-refractivity contribution is 5.78. The van der Waals surface area contributed by atoms with Crippen LogP contribution < -0.4 is 10.6 Å². The fourth-order valence-electron chi connectivity index (χ4n) is 2.14. The second kappa shape index (κ2) is 7.25. The Kier molecular flexibility index (Phi) is 5.35. The van der Waals surface area contributed by atoms with Gasteiger partial charge < -0.3 is 15.4 Å². The van der Waals surface area contributed by atoms with E-state index in [1.165, 1.54) is 0 Å². The number of aromatic nitrogens is 2. The molecule has 2 rings (SSSR count). The molecule has 0 saturated carbocycles. The molecule has 1 fully saturated rings. The largest absolute Gasteiger partial charge is 0.381 e. The van der Waals surface area contributed by atoms with Gasteiger partial charge in [0.25, 0.3) is 0 Å². The smallest absolute Gasteiger partial charge is 0.234 e. The van der Waals surface area contributed by atoms with Gasteiger partial charge in [-0.05, 0) is 25.8 Å². The van der Waals surface area contributed by atoms with E-state index in [0.717, 1.165) is 32.6 Å². The highest BCUT2D eigenvalue weighted by atomic mass is 16.5. The molecule has 0 spiro atoms. The third-order valence-electron chi connectivity index (χ3n) is 3.22. The zero-order valence-corrected chi connectivity index (χ0v) is 11.3. The van der Waals surface area contributed by atoms with E-state index in [0.29, 0.717) is 6.54 Å². The van der Waals surface area contributed by atoms with Crippen LogP contribution in [0.1, 0.15) is 19.8 Å². The van der Waals surface area contributed by atoms with Gasteiger partial charge in [-0.1, -0.05) is 0 Å². The summed E-state index contributed by atoms with van der Waals surface area (Å²) in [5.74, 6) is 0.0548. The highest BCUT2D eigenvalue weighted by Crippen LogP contribution is 2.05. The fourth-order valence-corrected chi connectivity index (χ4v) is 2.14. The molecular weight excluding hydrogens is 244 g/mol. The molecule has 1 saturated heterocycles. The molecule has 0 radical (unpaired) electrons. The molecule has 0 bridgehead atoms. The van der Waals surface area contributed by atoms with Crippen molar-refractivity contribution in [2.75, 3.05) is 19.8 Å². The number of nitrogens with one attached hydrogen (secondary N) is 2. The first-order valence-corrected chi connectivity index (χ1v) is 6.82. The quantitative estimate of drug-likeness (QED) is 0.769. The minimum atomic E-state index is 0.0548. The average Bonchev–Trinajstić information content (AvgIpc) is 2.90. The Morgan fingerprint density at radius 3 is 3.00 bits per heavy atom. The van der Waals surface area contributed by atoms with Gasteiger partial charge in [0.05, 0.1) is 13.1 Å². The molecule has 1 aromatic rings.